The summed E-state index contributed by atoms with van der Waals surface area (Å²) in [6, 6.07) is 18.4. The molecule has 164 valence electrons. The Balaban J connectivity index is 1.30. The van der Waals surface area contributed by atoms with Gasteiger partial charge in [0.25, 0.3) is 11.8 Å². The summed E-state index contributed by atoms with van der Waals surface area (Å²) in [5.74, 6) is -0.343. The van der Waals surface area contributed by atoms with Crippen molar-refractivity contribution >= 4 is 23.4 Å². The van der Waals surface area contributed by atoms with E-state index in [4.69, 9.17) is 0 Å². The van der Waals surface area contributed by atoms with Gasteiger partial charge in [-0.2, -0.15) is 0 Å². The number of carbonyl (C=O) groups is 3. The number of hydrogen-bond donors (Lipinski definition) is 2. The lowest BCUT2D eigenvalue weighted by Gasteiger charge is -2.32. The summed E-state index contributed by atoms with van der Waals surface area (Å²) in [4.78, 5) is 38.5. The van der Waals surface area contributed by atoms with Crippen LogP contribution in [0.25, 0.3) is 5.69 Å². The number of nitrogens with one attached hydrogen (secondary N) is 2. The summed E-state index contributed by atoms with van der Waals surface area (Å²) < 4.78 is 1.99. The van der Waals surface area contributed by atoms with Gasteiger partial charge in [0.15, 0.2) is 0 Å². The van der Waals surface area contributed by atoms with Crippen LogP contribution in [0.3, 0.4) is 0 Å². The van der Waals surface area contributed by atoms with Crippen molar-refractivity contribution < 1.29 is 14.4 Å². The maximum Gasteiger partial charge on any atom is 0.253 e. The van der Waals surface area contributed by atoms with E-state index in [1.165, 1.54) is 6.92 Å². The second kappa shape index (κ2) is 9.51. The maximum absolute atomic E-state index is 12.8. The Morgan fingerprint density at radius 3 is 2.22 bits per heavy atom. The number of nitrogens with zero attached hydrogens (tertiary/aromatic N) is 2. The molecule has 4 rings (SSSR count). The number of benzene rings is 2. The minimum absolute atomic E-state index is 0.0291. The molecule has 1 aromatic heterocycles. The fourth-order valence-corrected chi connectivity index (χ4v) is 3.90. The summed E-state index contributed by atoms with van der Waals surface area (Å²) in [6.07, 6.45) is 5.31. The lowest BCUT2D eigenvalue weighted by Crippen LogP contribution is -2.46. The summed E-state index contributed by atoms with van der Waals surface area (Å²) in [6.45, 7) is 2.57. The van der Waals surface area contributed by atoms with Crippen LogP contribution in [0.2, 0.25) is 0 Å². The third-order valence-corrected chi connectivity index (χ3v) is 5.58. The topological polar surface area (TPSA) is 83.4 Å². The second-order valence-electron chi connectivity index (χ2n) is 7.94. The molecule has 0 unspecified atom stereocenters. The van der Waals surface area contributed by atoms with Crippen LogP contribution >= 0.6 is 0 Å². The van der Waals surface area contributed by atoms with Crippen LogP contribution in [-0.2, 0) is 4.79 Å². The fraction of sp³-hybridized carbons (Fsp3) is 0.240. The highest BCUT2D eigenvalue weighted by Gasteiger charge is 2.25. The fourth-order valence-electron chi connectivity index (χ4n) is 3.90. The molecular weight excluding hydrogens is 404 g/mol. The molecule has 0 spiro atoms. The van der Waals surface area contributed by atoms with Gasteiger partial charge < -0.3 is 20.1 Å². The van der Waals surface area contributed by atoms with Gasteiger partial charge in [0.1, 0.15) is 0 Å². The van der Waals surface area contributed by atoms with Crippen molar-refractivity contribution in [3.8, 4) is 5.69 Å². The van der Waals surface area contributed by atoms with Crippen LogP contribution < -0.4 is 10.6 Å². The minimum atomic E-state index is -0.175. The molecule has 0 atom stereocenters. The van der Waals surface area contributed by atoms with Crippen molar-refractivity contribution in [2.75, 3.05) is 18.4 Å². The monoisotopic (exact) mass is 430 g/mol. The number of carbonyl (C=O) groups excluding carboxylic acids is 3. The van der Waals surface area contributed by atoms with Crippen LogP contribution in [-0.4, -0.2) is 46.3 Å². The highest BCUT2D eigenvalue weighted by Crippen LogP contribution is 2.18. The Labute approximate surface area is 187 Å². The third kappa shape index (κ3) is 5.06. The number of likely N-dealkylation sites (tertiary alicyclic amines) is 1. The van der Waals surface area contributed by atoms with Crippen molar-refractivity contribution in [3.63, 3.8) is 0 Å². The maximum atomic E-state index is 12.8. The van der Waals surface area contributed by atoms with Crippen molar-refractivity contribution in [1.82, 2.24) is 14.8 Å². The third-order valence-electron chi connectivity index (χ3n) is 5.58. The van der Waals surface area contributed by atoms with Crippen LogP contribution in [0.5, 0.6) is 0 Å². The molecule has 2 heterocycles. The molecule has 0 saturated carbocycles. The molecular formula is C25H26N4O3. The molecule has 3 amide bonds. The predicted molar refractivity (Wildman–Crippen MR) is 123 cm³/mol. The molecule has 0 bridgehead atoms. The number of aromatic nitrogens is 1. The molecule has 2 aromatic carbocycles. The highest BCUT2D eigenvalue weighted by molar-refractivity contribution is 5.97. The average molecular weight is 431 g/mol. The van der Waals surface area contributed by atoms with Crippen LogP contribution in [0.15, 0.2) is 73.1 Å². The van der Waals surface area contributed by atoms with Gasteiger partial charge in [-0.25, -0.2) is 0 Å². The normalized spacial score (nSPS) is 14.1. The van der Waals surface area contributed by atoms with E-state index in [2.05, 4.69) is 10.6 Å². The van der Waals surface area contributed by atoms with E-state index in [9.17, 15) is 14.4 Å². The molecule has 1 aliphatic rings. The van der Waals surface area contributed by atoms with E-state index in [0.717, 1.165) is 5.69 Å². The molecule has 7 nitrogen and oxygen atoms in total. The van der Waals surface area contributed by atoms with Crippen LogP contribution in [0.1, 0.15) is 40.5 Å². The Kier molecular flexibility index (Phi) is 6.35. The van der Waals surface area contributed by atoms with E-state index < -0.39 is 0 Å². The first-order chi connectivity index (χ1) is 15.5. The largest absolute Gasteiger partial charge is 0.349 e. The zero-order valence-corrected chi connectivity index (χ0v) is 18.0. The van der Waals surface area contributed by atoms with Gasteiger partial charge in [-0.3, -0.25) is 14.4 Å². The smallest absolute Gasteiger partial charge is 0.253 e. The lowest BCUT2D eigenvalue weighted by atomic mass is 10.0. The zero-order valence-electron chi connectivity index (χ0n) is 18.0. The molecule has 1 fully saturated rings. The summed E-state index contributed by atoms with van der Waals surface area (Å²) >= 11 is 0. The SMILES string of the molecule is CC(=O)Nc1cccc(C(=O)N2CCC(NC(=O)c3ccc(-n4cccc4)cc3)CC2)c1. The van der Waals surface area contributed by atoms with E-state index >= 15 is 0 Å². The van der Waals surface area contributed by atoms with E-state index in [1.807, 2.05) is 53.4 Å². The Morgan fingerprint density at radius 2 is 1.56 bits per heavy atom. The first-order valence-electron chi connectivity index (χ1n) is 10.7. The molecule has 0 radical (unpaired) electrons. The van der Waals surface area contributed by atoms with Gasteiger partial charge in [0.2, 0.25) is 5.91 Å². The predicted octanol–water partition coefficient (Wildman–Crippen LogP) is 3.47. The first-order valence-corrected chi connectivity index (χ1v) is 10.7. The van der Waals surface area contributed by atoms with Gasteiger partial charge in [-0.05, 0) is 67.4 Å². The second-order valence-corrected chi connectivity index (χ2v) is 7.94. The van der Waals surface area contributed by atoms with Gasteiger partial charge >= 0.3 is 0 Å². The minimum Gasteiger partial charge on any atom is -0.349 e. The summed E-state index contributed by atoms with van der Waals surface area (Å²) in [5.41, 5.74) is 2.77. The van der Waals surface area contributed by atoms with E-state index in [0.29, 0.717) is 42.7 Å². The number of hydrogen-bond acceptors (Lipinski definition) is 3. The standard InChI is InChI=1S/C25H26N4O3/c1-18(30)26-22-6-4-5-20(17-22)25(32)29-15-11-21(12-16-29)27-24(31)19-7-9-23(10-8-19)28-13-2-3-14-28/h2-10,13-14,17,21H,11-12,15-16H2,1H3,(H,26,30)(H,27,31). The molecule has 2 N–H and O–H groups in total. The summed E-state index contributed by atoms with van der Waals surface area (Å²) in [5, 5.41) is 5.79. The highest BCUT2D eigenvalue weighted by atomic mass is 16.2. The average Bonchev–Trinajstić information content (AvgIpc) is 3.34. The van der Waals surface area contributed by atoms with Gasteiger partial charge in [-0.15, -0.1) is 0 Å². The van der Waals surface area contributed by atoms with Gasteiger partial charge in [0.05, 0.1) is 0 Å². The Bertz CT molecular complexity index is 1100. The molecule has 0 aliphatic carbocycles. The first kappa shape index (κ1) is 21.4. The van der Waals surface area contributed by atoms with Crippen LogP contribution in [0, 0.1) is 0 Å². The molecule has 1 saturated heterocycles. The quantitative estimate of drug-likeness (QED) is 0.650. The van der Waals surface area contributed by atoms with Crippen molar-refractivity contribution in [2.45, 2.75) is 25.8 Å². The molecule has 32 heavy (non-hydrogen) atoms. The van der Waals surface area contributed by atoms with Crippen molar-refractivity contribution in [1.29, 1.82) is 0 Å². The van der Waals surface area contributed by atoms with Crippen molar-refractivity contribution in [2.24, 2.45) is 0 Å². The van der Waals surface area contributed by atoms with E-state index in [1.54, 1.807) is 29.2 Å². The van der Waals surface area contributed by atoms with Crippen LogP contribution in [0.4, 0.5) is 5.69 Å². The van der Waals surface area contributed by atoms with Crippen molar-refractivity contribution in [3.05, 3.63) is 84.2 Å². The number of piperidine rings is 1. The number of rotatable bonds is 5. The van der Waals surface area contributed by atoms with Gasteiger partial charge in [-0.1, -0.05) is 6.07 Å². The summed E-state index contributed by atoms with van der Waals surface area (Å²) in [7, 11) is 0. The van der Waals surface area contributed by atoms with E-state index in [-0.39, 0.29) is 23.8 Å². The number of anilines is 1. The Hall–Kier alpha value is -3.87. The lowest BCUT2D eigenvalue weighted by molar-refractivity contribution is -0.114. The molecule has 1 aliphatic heterocycles. The zero-order chi connectivity index (χ0) is 22.5. The van der Waals surface area contributed by atoms with Gasteiger partial charge in [0, 0.05) is 61.0 Å². The molecule has 7 heteroatoms. The molecule has 3 aromatic rings. The Morgan fingerprint density at radius 1 is 0.875 bits per heavy atom. The number of amides is 3.